The van der Waals surface area contributed by atoms with Crippen LogP contribution in [0.3, 0.4) is 0 Å². The molecule has 19 heavy (non-hydrogen) atoms. The quantitative estimate of drug-likeness (QED) is 0.769. The maximum atomic E-state index is 9.01. The summed E-state index contributed by atoms with van der Waals surface area (Å²) in [5.41, 5.74) is 2.48. The molecule has 0 saturated heterocycles. The molecule has 0 heterocycles. The zero-order chi connectivity index (χ0) is 14.3. The lowest BCUT2D eigenvalue weighted by molar-refractivity contribution is 0.288. The lowest BCUT2D eigenvalue weighted by Gasteiger charge is -2.30. The summed E-state index contributed by atoms with van der Waals surface area (Å²) < 4.78 is 1.12. The molecule has 1 aromatic rings. The van der Waals surface area contributed by atoms with E-state index in [2.05, 4.69) is 65.1 Å². The van der Waals surface area contributed by atoms with Gasteiger partial charge in [-0.25, -0.2) is 0 Å². The molecule has 0 saturated carbocycles. The molecule has 0 unspecified atom stereocenters. The van der Waals surface area contributed by atoms with Crippen LogP contribution in [0.2, 0.25) is 0 Å². The van der Waals surface area contributed by atoms with Crippen LogP contribution >= 0.6 is 15.9 Å². The molecule has 0 bridgehead atoms. The molecule has 4 heteroatoms. The van der Waals surface area contributed by atoms with E-state index in [9.17, 15) is 0 Å². The molecule has 0 aliphatic carbocycles. The van der Waals surface area contributed by atoms with Gasteiger partial charge in [0.1, 0.15) is 0 Å². The summed E-state index contributed by atoms with van der Waals surface area (Å²) >= 11 is 3.67. The highest BCUT2D eigenvalue weighted by Crippen LogP contribution is 2.29. The summed E-state index contributed by atoms with van der Waals surface area (Å²) in [6.07, 6.45) is 0.795. The Morgan fingerprint density at radius 2 is 2.11 bits per heavy atom. The van der Waals surface area contributed by atoms with Crippen LogP contribution < -0.4 is 10.2 Å². The SMILES string of the molecule is CCNCc1ccc(N(CCCO)C(C)C)c(Br)c1. The highest BCUT2D eigenvalue weighted by molar-refractivity contribution is 9.10. The summed E-state index contributed by atoms with van der Waals surface area (Å²) in [6, 6.07) is 6.92. The van der Waals surface area contributed by atoms with Crippen molar-refractivity contribution < 1.29 is 5.11 Å². The van der Waals surface area contributed by atoms with E-state index in [-0.39, 0.29) is 6.61 Å². The smallest absolute Gasteiger partial charge is 0.0513 e. The second-order valence-corrected chi connectivity index (χ2v) is 5.78. The van der Waals surface area contributed by atoms with E-state index in [1.165, 1.54) is 11.3 Å². The van der Waals surface area contributed by atoms with Crippen molar-refractivity contribution in [2.24, 2.45) is 0 Å². The molecule has 0 aliphatic heterocycles. The summed E-state index contributed by atoms with van der Waals surface area (Å²) in [5.74, 6) is 0. The van der Waals surface area contributed by atoms with Gasteiger partial charge in [0, 0.05) is 30.2 Å². The number of halogens is 1. The largest absolute Gasteiger partial charge is 0.396 e. The highest BCUT2D eigenvalue weighted by atomic mass is 79.9. The van der Waals surface area contributed by atoms with Gasteiger partial charge in [-0.1, -0.05) is 13.0 Å². The van der Waals surface area contributed by atoms with Crippen LogP contribution in [-0.4, -0.2) is 30.8 Å². The van der Waals surface area contributed by atoms with Gasteiger partial charge >= 0.3 is 0 Å². The first-order valence-electron chi connectivity index (χ1n) is 6.96. The topological polar surface area (TPSA) is 35.5 Å². The van der Waals surface area contributed by atoms with Gasteiger partial charge < -0.3 is 15.3 Å². The number of nitrogens with one attached hydrogen (secondary N) is 1. The van der Waals surface area contributed by atoms with Crippen LogP contribution in [0.4, 0.5) is 5.69 Å². The summed E-state index contributed by atoms with van der Waals surface area (Å²) in [4.78, 5) is 2.32. The van der Waals surface area contributed by atoms with Crippen molar-refractivity contribution in [1.82, 2.24) is 5.32 Å². The summed E-state index contributed by atoms with van der Waals surface area (Å²) in [6.45, 7) is 9.45. The Kier molecular flexibility index (Phi) is 7.42. The average Bonchev–Trinajstić information content (AvgIpc) is 2.38. The van der Waals surface area contributed by atoms with Crippen LogP contribution in [0.5, 0.6) is 0 Å². The van der Waals surface area contributed by atoms with Gasteiger partial charge in [-0.3, -0.25) is 0 Å². The first-order chi connectivity index (χ1) is 9.10. The Labute approximate surface area is 125 Å². The van der Waals surface area contributed by atoms with Gasteiger partial charge in [0.05, 0.1) is 5.69 Å². The first-order valence-corrected chi connectivity index (χ1v) is 7.76. The summed E-state index contributed by atoms with van der Waals surface area (Å²) in [7, 11) is 0. The summed E-state index contributed by atoms with van der Waals surface area (Å²) in [5, 5.41) is 12.3. The molecular formula is C15H25BrN2O. The fourth-order valence-electron chi connectivity index (χ4n) is 2.06. The van der Waals surface area contributed by atoms with E-state index < -0.39 is 0 Å². The third-order valence-corrected chi connectivity index (χ3v) is 3.72. The van der Waals surface area contributed by atoms with Crippen LogP contribution in [0.15, 0.2) is 22.7 Å². The number of nitrogens with zero attached hydrogens (tertiary/aromatic N) is 1. The molecule has 0 aliphatic rings. The Bertz CT molecular complexity index is 382. The Morgan fingerprint density at radius 3 is 2.63 bits per heavy atom. The molecule has 0 radical (unpaired) electrons. The number of aliphatic hydroxyl groups is 1. The van der Waals surface area contributed by atoms with Gasteiger partial charge in [-0.05, 0) is 60.4 Å². The van der Waals surface area contributed by atoms with E-state index in [0.717, 1.165) is 30.5 Å². The average molecular weight is 329 g/mol. The monoisotopic (exact) mass is 328 g/mol. The maximum absolute atomic E-state index is 9.01. The van der Waals surface area contributed by atoms with Gasteiger partial charge in [0.25, 0.3) is 0 Å². The van der Waals surface area contributed by atoms with Crippen molar-refractivity contribution >= 4 is 21.6 Å². The van der Waals surface area contributed by atoms with E-state index in [4.69, 9.17) is 5.11 Å². The molecule has 1 rings (SSSR count). The van der Waals surface area contributed by atoms with Crippen molar-refractivity contribution in [3.8, 4) is 0 Å². The predicted octanol–water partition coefficient (Wildman–Crippen LogP) is 3.16. The van der Waals surface area contributed by atoms with Gasteiger partial charge in [0.2, 0.25) is 0 Å². The van der Waals surface area contributed by atoms with Crippen LogP contribution in [0.25, 0.3) is 0 Å². The standard InChI is InChI=1S/C15H25BrN2O/c1-4-17-11-13-6-7-15(14(16)10-13)18(12(2)3)8-5-9-19/h6-7,10,12,17,19H,4-5,8-9,11H2,1-3H3. The minimum Gasteiger partial charge on any atom is -0.396 e. The van der Waals surface area contributed by atoms with Crippen molar-refractivity contribution in [2.75, 3.05) is 24.6 Å². The first kappa shape index (κ1) is 16.5. The molecule has 0 amide bonds. The molecule has 0 fully saturated rings. The van der Waals surface area contributed by atoms with Gasteiger partial charge in [-0.15, -0.1) is 0 Å². The third kappa shape index (κ3) is 5.13. The normalized spacial score (nSPS) is 11.1. The Balaban J connectivity index is 2.85. The van der Waals surface area contributed by atoms with E-state index in [1.54, 1.807) is 0 Å². The van der Waals surface area contributed by atoms with Crippen molar-refractivity contribution in [3.63, 3.8) is 0 Å². The number of aliphatic hydroxyl groups excluding tert-OH is 1. The van der Waals surface area contributed by atoms with Crippen molar-refractivity contribution in [1.29, 1.82) is 0 Å². The Hall–Kier alpha value is -0.580. The predicted molar refractivity (Wildman–Crippen MR) is 85.7 cm³/mol. The number of hydrogen-bond acceptors (Lipinski definition) is 3. The lowest BCUT2D eigenvalue weighted by atomic mass is 10.1. The number of hydrogen-bond donors (Lipinski definition) is 2. The molecule has 1 aromatic carbocycles. The third-order valence-electron chi connectivity index (χ3n) is 3.08. The van der Waals surface area contributed by atoms with Crippen molar-refractivity contribution in [2.45, 2.75) is 39.8 Å². The van der Waals surface area contributed by atoms with Gasteiger partial charge in [0.15, 0.2) is 0 Å². The fourth-order valence-corrected chi connectivity index (χ4v) is 2.71. The Morgan fingerprint density at radius 1 is 1.37 bits per heavy atom. The minimum atomic E-state index is 0.235. The molecule has 0 aromatic heterocycles. The van der Waals surface area contributed by atoms with Gasteiger partial charge in [-0.2, -0.15) is 0 Å². The number of anilines is 1. The molecule has 3 nitrogen and oxygen atoms in total. The van der Waals surface area contributed by atoms with Crippen molar-refractivity contribution in [3.05, 3.63) is 28.2 Å². The second kappa shape index (κ2) is 8.56. The number of rotatable bonds is 8. The fraction of sp³-hybridized carbons (Fsp3) is 0.600. The number of benzene rings is 1. The highest BCUT2D eigenvalue weighted by Gasteiger charge is 2.13. The molecule has 0 spiro atoms. The minimum absolute atomic E-state index is 0.235. The van der Waals surface area contributed by atoms with E-state index >= 15 is 0 Å². The molecular weight excluding hydrogens is 304 g/mol. The molecule has 0 atom stereocenters. The maximum Gasteiger partial charge on any atom is 0.0513 e. The van der Waals surface area contributed by atoms with E-state index in [0.29, 0.717) is 6.04 Å². The van der Waals surface area contributed by atoms with E-state index in [1.807, 2.05) is 0 Å². The zero-order valence-corrected chi connectivity index (χ0v) is 13.7. The second-order valence-electron chi connectivity index (χ2n) is 4.93. The lowest BCUT2D eigenvalue weighted by Crippen LogP contribution is -2.32. The van der Waals surface area contributed by atoms with Crippen LogP contribution in [-0.2, 0) is 6.54 Å². The van der Waals surface area contributed by atoms with Crippen LogP contribution in [0, 0.1) is 0 Å². The molecule has 108 valence electrons. The van der Waals surface area contributed by atoms with Crippen LogP contribution in [0.1, 0.15) is 32.8 Å². The molecule has 2 N–H and O–H groups in total. The zero-order valence-electron chi connectivity index (χ0n) is 12.1.